The van der Waals surface area contributed by atoms with Gasteiger partial charge in [0.05, 0.1) is 5.69 Å². The summed E-state index contributed by atoms with van der Waals surface area (Å²) >= 11 is 3.35. The molecule has 0 saturated carbocycles. The third-order valence-electron chi connectivity index (χ3n) is 4.00. The van der Waals surface area contributed by atoms with Gasteiger partial charge in [-0.15, -0.1) is 0 Å². The lowest BCUT2D eigenvalue weighted by Gasteiger charge is -2.07. The summed E-state index contributed by atoms with van der Waals surface area (Å²) in [6.07, 6.45) is 0. The molecule has 0 spiro atoms. The van der Waals surface area contributed by atoms with Crippen LogP contribution < -0.4 is 5.32 Å². The van der Waals surface area contributed by atoms with Gasteiger partial charge in [-0.05, 0) is 54.6 Å². The first-order valence-electron chi connectivity index (χ1n) is 8.19. The van der Waals surface area contributed by atoms with Gasteiger partial charge in [0.25, 0.3) is 5.91 Å². The summed E-state index contributed by atoms with van der Waals surface area (Å²) in [6, 6.07) is 20.6. The van der Waals surface area contributed by atoms with Gasteiger partial charge in [-0.2, -0.15) is 0 Å². The molecule has 4 nitrogen and oxygen atoms in total. The van der Waals surface area contributed by atoms with Gasteiger partial charge in [-0.3, -0.25) is 4.79 Å². The molecule has 2 heterocycles. The van der Waals surface area contributed by atoms with Crippen molar-refractivity contribution in [3.8, 4) is 11.3 Å². The number of nitrogens with one attached hydrogen (secondary N) is 1. The van der Waals surface area contributed by atoms with E-state index in [1.807, 2.05) is 24.3 Å². The Morgan fingerprint density at radius 2 is 1.74 bits per heavy atom. The predicted octanol–water partition coefficient (Wildman–Crippen LogP) is 5.45. The summed E-state index contributed by atoms with van der Waals surface area (Å²) in [4.78, 5) is 21.3. The third-order valence-corrected chi connectivity index (χ3v) is 4.49. The summed E-state index contributed by atoms with van der Waals surface area (Å²) in [6.45, 7) is 0. The van der Waals surface area contributed by atoms with Crippen LogP contribution in [-0.2, 0) is 0 Å². The molecule has 0 aliphatic carbocycles. The summed E-state index contributed by atoms with van der Waals surface area (Å²) in [5.74, 6) is -0.182. The molecule has 0 aliphatic rings. The fourth-order valence-corrected chi connectivity index (χ4v) is 3.09. The number of pyridine rings is 2. The summed E-state index contributed by atoms with van der Waals surface area (Å²) in [7, 11) is 0. The zero-order valence-corrected chi connectivity index (χ0v) is 15.6. The van der Waals surface area contributed by atoms with E-state index in [0.29, 0.717) is 28.3 Å². The van der Waals surface area contributed by atoms with Gasteiger partial charge >= 0.3 is 0 Å². The molecule has 0 radical (unpaired) electrons. The van der Waals surface area contributed by atoms with Crippen molar-refractivity contribution in [1.82, 2.24) is 9.97 Å². The van der Waals surface area contributed by atoms with Crippen LogP contribution in [0.4, 0.5) is 10.2 Å². The maximum atomic E-state index is 13.5. The van der Waals surface area contributed by atoms with Crippen LogP contribution in [0, 0.1) is 5.82 Å². The normalized spacial score (nSPS) is 10.7. The van der Waals surface area contributed by atoms with Crippen LogP contribution in [-0.4, -0.2) is 15.9 Å². The molecule has 0 atom stereocenters. The van der Waals surface area contributed by atoms with Crippen molar-refractivity contribution in [3.63, 3.8) is 0 Å². The lowest BCUT2D eigenvalue weighted by molar-refractivity contribution is 0.102. The minimum absolute atomic E-state index is 0.260. The Hall–Kier alpha value is -3.12. The van der Waals surface area contributed by atoms with Gasteiger partial charge in [0.1, 0.15) is 11.6 Å². The average molecular weight is 422 g/mol. The molecule has 0 unspecified atom stereocenters. The highest BCUT2D eigenvalue weighted by molar-refractivity contribution is 9.10. The molecule has 4 rings (SSSR count). The first kappa shape index (κ1) is 17.3. The molecule has 27 heavy (non-hydrogen) atoms. The molecule has 0 bridgehead atoms. The summed E-state index contributed by atoms with van der Waals surface area (Å²) in [5, 5.41) is 3.60. The van der Waals surface area contributed by atoms with Gasteiger partial charge in [0.2, 0.25) is 0 Å². The van der Waals surface area contributed by atoms with Gasteiger partial charge < -0.3 is 5.32 Å². The van der Waals surface area contributed by atoms with Crippen LogP contribution in [0.5, 0.6) is 0 Å². The number of aromatic nitrogens is 2. The number of hydrogen-bond acceptors (Lipinski definition) is 3. The standard InChI is InChI=1S/C21H13BrFN3O/c22-16-5-1-4-15(11-16)21(27)26-19-10-8-13-7-9-18(24-20(13)25-19)14-3-2-6-17(23)12-14/h1-12H,(H,24,25,26,27). The zero-order chi connectivity index (χ0) is 18.8. The SMILES string of the molecule is O=C(Nc1ccc2ccc(-c3cccc(F)c3)nc2n1)c1cccc(Br)c1. The summed E-state index contributed by atoms with van der Waals surface area (Å²) in [5.41, 5.74) is 2.28. The molecule has 1 amide bonds. The van der Waals surface area contributed by atoms with Crippen molar-refractivity contribution in [3.05, 3.63) is 88.6 Å². The first-order valence-corrected chi connectivity index (χ1v) is 8.98. The molecule has 132 valence electrons. The topological polar surface area (TPSA) is 54.9 Å². The number of fused-ring (bicyclic) bond motifs is 1. The molecular formula is C21H13BrFN3O. The van der Waals surface area contributed by atoms with Crippen molar-refractivity contribution in [2.45, 2.75) is 0 Å². The van der Waals surface area contributed by atoms with E-state index in [9.17, 15) is 9.18 Å². The van der Waals surface area contributed by atoms with Gasteiger partial charge in [0.15, 0.2) is 5.65 Å². The highest BCUT2D eigenvalue weighted by Gasteiger charge is 2.09. The Morgan fingerprint density at radius 3 is 2.56 bits per heavy atom. The van der Waals surface area contributed by atoms with Gasteiger partial charge in [-0.25, -0.2) is 14.4 Å². The van der Waals surface area contributed by atoms with E-state index in [1.165, 1.54) is 12.1 Å². The Morgan fingerprint density at radius 1 is 0.926 bits per heavy atom. The van der Waals surface area contributed by atoms with Crippen molar-refractivity contribution in [2.24, 2.45) is 0 Å². The number of anilines is 1. The zero-order valence-electron chi connectivity index (χ0n) is 14.0. The molecule has 0 saturated heterocycles. The second-order valence-electron chi connectivity index (χ2n) is 5.91. The van der Waals surface area contributed by atoms with Crippen LogP contribution in [0.2, 0.25) is 0 Å². The molecular weight excluding hydrogens is 409 g/mol. The highest BCUT2D eigenvalue weighted by atomic mass is 79.9. The lowest BCUT2D eigenvalue weighted by Crippen LogP contribution is -2.13. The molecule has 1 N–H and O–H groups in total. The van der Waals surface area contributed by atoms with Crippen LogP contribution in [0.1, 0.15) is 10.4 Å². The Balaban J connectivity index is 1.66. The minimum atomic E-state index is -0.322. The van der Waals surface area contributed by atoms with Crippen molar-refractivity contribution >= 4 is 38.7 Å². The number of nitrogens with zero attached hydrogens (tertiary/aromatic N) is 2. The maximum Gasteiger partial charge on any atom is 0.256 e. The second kappa shape index (κ2) is 7.25. The van der Waals surface area contributed by atoms with Crippen LogP contribution in [0.15, 0.2) is 77.3 Å². The number of amides is 1. The van der Waals surface area contributed by atoms with E-state index in [1.54, 1.807) is 36.4 Å². The van der Waals surface area contributed by atoms with Gasteiger partial charge in [-0.1, -0.05) is 34.1 Å². The van der Waals surface area contributed by atoms with Crippen molar-refractivity contribution in [2.75, 3.05) is 5.32 Å². The minimum Gasteiger partial charge on any atom is -0.306 e. The second-order valence-corrected chi connectivity index (χ2v) is 6.83. The fourth-order valence-electron chi connectivity index (χ4n) is 2.70. The van der Waals surface area contributed by atoms with Crippen molar-refractivity contribution in [1.29, 1.82) is 0 Å². The maximum absolute atomic E-state index is 13.5. The average Bonchev–Trinajstić information content (AvgIpc) is 2.67. The monoisotopic (exact) mass is 421 g/mol. The van der Waals surface area contributed by atoms with Crippen molar-refractivity contribution < 1.29 is 9.18 Å². The van der Waals surface area contributed by atoms with E-state index in [0.717, 1.165) is 9.86 Å². The fraction of sp³-hybridized carbons (Fsp3) is 0. The number of hydrogen-bond donors (Lipinski definition) is 1. The van der Waals surface area contributed by atoms with E-state index in [2.05, 4.69) is 31.2 Å². The number of carbonyl (C=O) groups is 1. The van der Waals surface area contributed by atoms with E-state index in [-0.39, 0.29) is 11.7 Å². The quantitative estimate of drug-likeness (QED) is 0.478. The highest BCUT2D eigenvalue weighted by Crippen LogP contribution is 2.22. The molecule has 4 aromatic rings. The Labute approximate surface area is 163 Å². The number of rotatable bonds is 3. The Bertz CT molecular complexity index is 1160. The number of benzene rings is 2. The lowest BCUT2D eigenvalue weighted by atomic mass is 10.1. The largest absolute Gasteiger partial charge is 0.306 e. The predicted molar refractivity (Wildman–Crippen MR) is 107 cm³/mol. The Kier molecular flexibility index (Phi) is 4.64. The number of carbonyl (C=O) groups excluding carboxylic acids is 1. The molecule has 0 aliphatic heterocycles. The first-order chi connectivity index (χ1) is 13.1. The molecule has 6 heteroatoms. The summed E-state index contributed by atoms with van der Waals surface area (Å²) < 4.78 is 14.3. The molecule has 2 aromatic heterocycles. The van der Waals surface area contributed by atoms with Gasteiger partial charge in [0, 0.05) is 21.0 Å². The molecule has 0 fully saturated rings. The van der Waals surface area contributed by atoms with E-state index >= 15 is 0 Å². The smallest absolute Gasteiger partial charge is 0.256 e. The van der Waals surface area contributed by atoms with E-state index in [4.69, 9.17) is 0 Å². The van der Waals surface area contributed by atoms with Crippen LogP contribution in [0.3, 0.4) is 0 Å². The van der Waals surface area contributed by atoms with E-state index < -0.39 is 0 Å². The number of halogens is 2. The van der Waals surface area contributed by atoms with Crippen LogP contribution in [0.25, 0.3) is 22.3 Å². The third kappa shape index (κ3) is 3.85. The molecule has 2 aromatic carbocycles. The van der Waals surface area contributed by atoms with Crippen LogP contribution >= 0.6 is 15.9 Å².